The zero-order chi connectivity index (χ0) is 19.6. The lowest BCUT2D eigenvalue weighted by atomic mass is 10.1. The van der Waals surface area contributed by atoms with Crippen LogP contribution in [0.5, 0.6) is 0 Å². The highest BCUT2D eigenvalue weighted by molar-refractivity contribution is 7.89. The average Bonchev–Trinajstić information content (AvgIpc) is 3.03. The predicted molar refractivity (Wildman–Crippen MR) is 100 cm³/mol. The molecule has 0 spiro atoms. The minimum Gasteiger partial charge on any atom is -0.319 e. The van der Waals surface area contributed by atoms with Crippen LogP contribution in [0.3, 0.4) is 0 Å². The monoisotopic (exact) mass is 405 g/mol. The molecule has 0 atom stereocenters. The number of sulfonamides is 1. The lowest BCUT2D eigenvalue weighted by Crippen LogP contribution is -2.18. The minimum absolute atomic E-state index is 0.146. The van der Waals surface area contributed by atoms with Crippen molar-refractivity contribution in [3.63, 3.8) is 0 Å². The molecule has 2 aromatic carbocycles. The third-order valence-electron chi connectivity index (χ3n) is 3.92. The lowest BCUT2D eigenvalue weighted by Gasteiger charge is -2.06. The van der Waals surface area contributed by atoms with Crippen molar-refractivity contribution >= 4 is 27.3 Å². The molecule has 3 aromatic rings. The van der Waals surface area contributed by atoms with Gasteiger partial charge in [0.2, 0.25) is 10.0 Å². The van der Waals surface area contributed by atoms with E-state index >= 15 is 0 Å². The van der Waals surface area contributed by atoms with Crippen LogP contribution in [0.4, 0.5) is 4.39 Å². The second-order valence-corrected chi connectivity index (χ2v) is 8.28. The highest BCUT2D eigenvalue weighted by Gasteiger charge is 2.15. The summed E-state index contributed by atoms with van der Waals surface area (Å²) in [6.07, 6.45) is 1.71. The molecule has 0 aliphatic heterocycles. The molecule has 27 heavy (non-hydrogen) atoms. The summed E-state index contributed by atoms with van der Waals surface area (Å²) in [6, 6.07) is 10.4. The maximum absolute atomic E-state index is 13.9. The van der Waals surface area contributed by atoms with Crippen LogP contribution < -0.4 is 9.94 Å². The molecule has 0 saturated heterocycles. The fourth-order valence-corrected chi connectivity index (χ4v) is 3.74. The number of nitrogens with zero attached hydrogens (tertiary/aromatic N) is 2. The Bertz CT molecular complexity index is 1180. The number of thiazole rings is 1. The largest absolute Gasteiger partial charge is 0.319 e. The van der Waals surface area contributed by atoms with Crippen molar-refractivity contribution in [2.75, 3.05) is 0 Å². The summed E-state index contributed by atoms with van der Waals surface area (Å²) in [5.74, 6) is -0.937. The molecule has 0 radical (unpaired) electrons. The van der Waals surface area contributed by atoms with Crippen LogP contribution >= 0.6 is 11.3 Å². The summed E-state index contributed by atoms with van der Waals surface area (Å²) in [6.45, 7) is 1.90. The van der Waals surface area contributed by atoms with Gasteiger partial charge in [-0.3, -0.25) is 4.79 Å². The zero-order valence-corrected chi connectivity index (χ0v) is 15.9. The molecular weight excluding hydrogens is 389 g/mol. The fraction of sp³-hybridized carbons (Fsp3) is 0.111. The highest BCUT2D eigenvalue weighted by atomic mass is 32.2. The van der Waals surface area contributed by atoms with E-state index in [9.17, 15) is 17.6 Å². The second kappa shape index (κ2) is 7.55. The number of rotatable bonds is 4. The molecule has 1 heterocycles. The van der Waals surface area contributed by atoms with E-state index in [0.29, 0.717) is 15.9 Å². The maximum atomic E-state index is 13.9. The van der Waals surface area contributed by atoms with E-state index in [1.807, 2.05) is 0 Å². The van der Waals surface area contributed by atoms with Crippen molar-refractivity contribution < 1.29 is 17.6 Å². The van der Waals surface area contributed by atoms with Gasteiger partial charge in [-0.05, 0) is 30.7 Å². The Balaban J connectivity index is 1.98. The van der Waals surface area contributed by atoms with Crippen LogP contribution in [0, 0.1) is 12.7 Å². The van der Waals surface area contributed by atoms with Gasteiger partial charge in [-0.15, -0.1) is 11.3 Å². The minimum atomic E-state index is -3.93. The Morgan fingerprint density at radius 3 is 2.70 bits per heavy atom. The number of amides is 1. The first-order valence-corrected chi connectivity index (χ1v) is 10.3. The summed E-state index contributed by atoms with van der Waals surface area (Å²) in [4.78, 5) is 16.9. The summed E-state index contributed by atoms with van der Waals surface area (Å²) < 4.78 is 38.6. The van der Waals surface area contributed by atoms with Crippen LogP contribution in [0.1, 0.15) is 21.5 Å². The first-order chi connectivity index (χ1) is 12.8. The maximum Gasteiger partial charge on any atom is 0.279 e. The van der Waals surface area contributed by atoms with Gasteiger partial charge in [0.25, 0.3) is 5.91 Å². The summed E-state index contributed by atoms with van der Waals surface area (Å²) in [5.41, 5.74) is 1.19. The number of primary sulfonamides is 1. The van der Waals surface area contributed by atoms with E-state index in [1.54, 1.807) is 41.3 Å². The normalized spacial score (nSPS) is 12.3. The van der Waals surface area contributed by atoms with Crippen molar-refractivity contribution in [3.05, 3.63) is 81.4 Å². The third kappa shape index (κ3) is 4.38. The molecule has 140 valence electrons. The number of halogens is 1. The number of nitrogens with two attached hydrogens (primary N) is 1. The highest BCUT2D eigenvalue weighted by Crippen LogP contribution is 2.15. The standard InChI is InChI=1S/C18H16FN3O3S2/c1-12-6-7-14(27(20,24)25)10-15(12)17(23)21-18-22(8-9-26-18)11-13-4-2-3-5-16(13)19/h2-10H,11H2,1H3,(H2,20,24,25). The van der Waals surface area contributed by atoms with Gasteiger partial charge in [0.1, 0.15) is 5.82 Å². The van der Waals surface area contributed by atoms with Crippen LogP contribution in [0.2, 0.25) is 0 Å². The van der Waals surface area contributed by atoms with Crippen LogP contribution in [0.25, 0.3) is 0 Å². The van der Waals surface area contributed by atoms with Gasteiger partial charge in [0, 0.05) is 22.7 Å². The number of benzene rings is 2. The van der Waals surface area contributed by atoms with Gasteiger partial charge in [-0.25, -0.2) is 17.9 Å². The fourth-order valence-electron chi connectivity index (χ4n) is 2.47. The van der Waals surface area contributed by atoms with Crippen LogP contribution in [-0.4, -0.2) is 18.9 Å². The van der Waals surface area contributed by atoms with E-state index in [4.69, 9.17) is 5.14 Å². The number of carbonyl (C=O) groups excluding carboxylic acids is 1. The average molecular weight is 405 g/mol. The van der Waals surface area contributed by atoms with Crippen molar-refractivity contribution in [3.8, 4) is 0 Å². The van der Waals surface area contributed by atoms with Gasteiger partial charge >= 0.3 is 0 Å². The molecule has 0 saturated carbocycles. The molecule has 0 bridgehead atoms. The Morgan fingerprint density at radius 1 is 1.26 bits per heavy atom. The topological polar surface area (TPSA) is 94.5 Å². The van der Waals surface area contributed by atoms with Crippen molar-refractivity contribution in [2.45, 2.75) is 18.4 Å². The Morgan fingerprint density at radius 2 is 2.00 bits per heavy atom. The molecule has 1 aromatic heterocycles. The number of carbonyl (C=O) groups is 1. The van der Waals surface area contributed by atoms with E-state index in [1.165, 1.54) is 35.6 Å². The SMILES string of the molecule is Cc1ccc(S(N)(=O)=O)cc1C(=O)N=c1sccn1Cc1ccccc1F. The van der Waals surface area contributed by atoms with Gasteiger partial charge in [-0.2, -0.15) is 4.99 Å². The van der Waals surface area contributed by atoms with Crippen molar-refractivity contribution in [1.82, 2.24) is 4.57 Å². The third-order valence-corrected chi connectivity index (χ3v) is 5.63. The molecule has 3 rings (SSSR count). The Kier molecular flexibility index (Phi) is 5.36. The van der Waals surface area contributed by atoms with Gasteiger partial charge in [0.05, 0.1) is 11.4 Å². The molecule has 0 aliphatic rings. The molecule has 2 N–H and O–H groups in total. The number of hydrogen-bond donors (Lipinski definition) is 1. The van der Waals surface area contributed by atoms with Crippen LogP contribution in [0.15, 0.2) is 63.9 Å². The van der Waals surface area contributed by atoms with Crippen molar-refractivity contribution in [2.24, 2.45) is 10.1 Å². The van der Waals surface area contributed by atoms with Crippen LogP contribution in [-0.2, 0) is 16.6 Å². The lowest BCUT2D eigenvalue weighted by molar-refractivity contribution is 0.0997. The van der Waals surface area contributed by atoms with Crippen molar-refractivity contribution in [1.29, 1.82) is 0 Å². The Labute approximate surface area is 159 Å². The summed E-state index contributed by atoms with van der Waals surface area (Å²) >= 11 is 1.22. The van der Waals surface area contributed by atoms with E-state index in [2.05, 4.69) is 4.99 Å². The molecule has 0 aliphatic carbocycles. The molecule has 0 unspecified atom stereocenters. The van der Waals surface area contributed by atoms with Gasteiger partial charge in [-0.1, -0.05) is 24.3 Å². The number of hydrogen-bond acceptors (Lipinski definition) is 4. The second-order valence-electron chi connectivity index (χ2n) is 5.84. The molecule has 1 amide bonds. The molecule has 0 fully saturated rings. The number of aromatic nitrogens is 1. The predicted octanol–water partition coefficient (Wildman–Crippen LogP) is 2.43. The first-order valence-electron chi connectivity index (χ1n) is 7.85. The van der Waals surface area contributed by atoms with E-state index in [-0.39, 0.29) is 22.8 Å². The summed E-state index contributed by atoms with van der Waals surface area (Å²) in [7, 11) is -3.93. The summed E-state index contributed by atoms with van der Waals surface area (Å²) in [5, 5.41) is 6.87. The van der Waals surface area contributed by atoms with Gasteiger partial charge in [0.15, 0.2) is 4.80 Å². The van der Waals surface area contributed by atoms with E-state index < -0.39 is 15.9 Å². The van der Waals surface area contributed by atoms with E-state index in [0.717, 1.165) is 0 Å². The first kappa shape index (κ1) is 19.2. The number of aryl methyl sites for hydroxylation is 1. The molecule has 6 nitrogen and oxygen atoms in total. The smallest absolute Gasteiger partial charge is 0.279 e. The Hall–Kier alpha value is -2.62. The quantitative estimate of drug-likeness (QED) is 0.722. The van der Waals surface area contributed by atoms with Gasteiger partial charge < -0.3 is 4.57 Å². The molecule has 9 heteroatoms. The zero-order valence-electron chi connectivity index (χ0n) is 14.3. The molecular formula is C18H16FN3O3S2.